The van der Waals surface area contributed by atoms with Gasteiger partial charge in [0.25, 0.3) is 0 Å². The maximum atomic E-state index is 12.2. The van der Waals surface area contributed by atoms with E-state index in [9.17, 15) is 4.79 Å². The van der Waals surface area contributed by atoms with Crippen LogP contribution < -0.4 is 14.5 Å². The second-order valence-electron chi connectivity index (χ2n) is 6.02. The van der Waals surface area contributed by atoms with E-state index in [4.69, 9.17) is 14.2 Å². The number of hydrazone groups is 1. The SMILES string of the molecule is CC1=NN(c2ccc(C(=O)OCc3ccc4c(c3)OCO4)cc2)CC1. The molecule has 2 aromatic rings. The van der Waals surface area contributed by atoms with Crippen molar-refractivity contribution in [2.75, 3.05) is 18.3 Å². The first kappa shape index (κ1) is 15.5. The molecule has 2 aliphatic rings. The van der Waals surface area contributed by atoms with Gasteiger partial charge in [0.15, 0.2) is 11.5 Å². The van der Waals surface area contributed by atoms with Gasteiger partial charge in [-0.15, -0.1) is 0 Å². The summed E-state index contributed by atoms with van der Waals surface area (Å²) in [6, 6.07) is 12.8. The van der Waals surface area contributed by atoms with Gasteiger partial charge < -0.3 is 14.2 Å². The molecule has 0 saturated carbocycles. The van der Waals surface area contributed by atoms with E-state index in [0.717, 1.165) is 29.9 Å². The minimum absolute atomic E-state index is 0.187. The predicted octanol–water partition coefficient (Wildman–Crippen LogP) is 3.36. The summed E-state index contributed by atoms with van der Waals surface area (Å²) in [6.45, 7) is 3.31. The van der Waals surface area contributed by atoms with Gasteiger partial charge in [-0.25, -0.2) is 4.79 Å². The molecule has 0 saturated heterocycles. The van der Waals surface area contributed by atoms with E-state index in [1.807, 2.05) is 42.3 Å². The number of hydrogen-bond donors (Lipinski definition) is 0. The van der Waals surface area contributed by atoms with Crippen molar-refractivity contribution in [3.63, 3.8) is 0 Å². The van der Waals surface area contributed by atoms with E-state index in [2.05, 4.69) is 5.10 Å². The third-order valence-electron chi connectivity index (χ3n) is 4.18. The van der Waals surface area contributed by atoms with Crippen LogP contribution in [-0.2, 0) is 11.3 Å². The van der Waals surface area contributed by atoms with Gasteiger partial charge in [0.2, 0.25) is 6.79 Å². The lowest BCUT2D eigenvalue weighted by molar-refractivity contribution is 0.0472. The first-order valence-electron chi connectivity index (χ1n) is 8.16. The van der Waals surface area contributed by atoms with E-state index in [1.54, 1.807) is 12.1 Å². The molecule has 2 heterocycles. The molecule has 0 spiro atoms. The predicted molar refractivity (Wildman–Crippen MR) is 93.2 cm³/mol. The summed E-state index contributed by atoms with van der Waals surface area (Å²) < 4.78 is 16.0. The summed E-state index contributed by atoms with van der Waals surface area (Å²) in [5.41, 5.74) is 3.47. The Morgan fingerprint density at radius 1 is 1.16 bits per heavy atom. The van der Waals surface area contributed by atoms with Crippen molar-refractivity contribution < 1.29 is 19.0 Å². The van der Waals surface area contributed by atoms with Crippen LogP contribution in [-0.4, -0.2) is 25.0 Å². The van der Waals surface area contributed by atoms with E-state index in [0.29, 0.717) is 17.1 Å². The van der Waals surface area contributed by atoms with Gasteiger partial charge >= 0.3 is 5.97 Å². The fourth-order valence-electron chi connectivity index (χ4n) is 2.79. The first-order chi connectivity index (χ1) is 12.2. The quantitative estimate of drug-likeness (QED) is 0.800. The molecule has 128 valence electrons. The molecule has 2 aliphatic heterocycles. The number of fused-ring (bicyclic) bond motifs is 1. The number of rotatable bonds is 4. The lowest BCUT2D eigenvalue weighted by Crippen LogP contribution is -2.12. The Bertz CT molecular complexity index is 830. The van der Waals surface area contributed by atoms with Crippen molar-refractivity contribution in [2.24, 2.45) is 5.10 Å². The van der Waals surface area contributed by atoms with Gasteiger partial charge in [-0.3, -0.25) is 5.01 Å². The van der Waals surface area contributed by atoms with Crippen molar-refractivity contribution in [2.45, 2.75) is 20.0 Å². The summed E-state index contributed by atoms with van der Waals surface area (Å²) >= 11 is 0. The fourth-order valence-corrected chi connectivity index (χ4v) is 2.79. The molecule has 6 heteroatoms. The van der Waals surface area contributed by atoms with Gasteiger partial charge in [0.1, 0.15) is 6.61 Å². The number of carbonyl (C=O) groups excluding carboxylic acids is 1. The second kappa shape index (κ2) is 6.47. The lowest BCUT2D eigenvalue weighted by atomic mass is 10.2. The van der Waals surface area contributed by atoms with Gasteiger partial charge in [0.05, 0.1) is 11.3 Å². The van der Waals surface area contributed by atoms with Crippen LogP contribution in [0.5, 0.6) is 11.5 Å². The van der Waals surface area contributed by atoms with Crippen LogP contribution in [0.15, 0.2) is 47.6 Å². The van der Waals surface area contributed by atoms with Crippen LogP contribution in [0, 0.1) is 0 Å². The molecule has 0 amide bonds. The highest BCUT2D eigenvalue weighted by Gasteiger charge is 2.16. The molecular weight excluding hydrogens is 320 g/mol. The highest BCUT2D eigenvalue weighted by atomic mass is 16.7. The maximum absolute atomic E-state index is 12.2. The molecule has 6 nitrogen and oxygen atoms in total. The molecule has 4 rings (SSSR count). The monoisotopic (exact) mass is 338 g/mol. The summed E-state index contributed by atoms with van der Waals surface area (Å²) in [4.78, 5) is 12.2. The number of nitrogens with zero attached hydrogens (tertiary/aromatic N) is 2. The van der Waals surface area contributed by atoms with E-state index in [-0.39, 0.29) is 19.4 Å². The molecular formula is C19H18N2O4. The normalized spacial score (nSPS) is 15.2. The van der Waals surface area contributed by atoms with Crippen LogP contribution in [0.1, 0.15) is 29.3 Å². The molecule has 0 atom stereocenters. The van der Waals surface area contributed by atoms with Crippen molar-refractivity contribution in [1.82, 2.24) is 0 Å². The Morgan fingerprint density at radius 3 is 2.72 bits per heavy atom. The zero-order valence-electron chi connectivity index (χ0n) is 13.9. The average Bonchev–Trinajstić information content (AvgIpc) is 3.28. The molecule has 0 unspecified atom stereocenters. The standard InChI is InChI=1S/C19H18N2O4/c1-13-8-9-21(20-13)16-5-3-15(4-6-16)19(22)23-11-14-2-7-17-18(10-14)25-12-24-17/h2-7,10H,8-9,11-12H2,1H3. The molecule has 0 N–H and O–H groups in total. The number of anilines is 1. The van der Waals surface area contributed by atoms with Crippen LogP contribution in [0.4, 0.5) is 5.69 Å². The third kappa shape index (κ3) is 3.28. The fraction of sp³-hybridized carbons (Fsp3) is 0.263. The molecule has 0 bridgehead atoms. The Balaban J connectivity index is 1.38. The third-order valence-corrected chi connectivity index (χ3v) is 4.18. The highest BCUT2D eigenvalue weighted by Crippen LogP contribution is 2.32. The largest absolute Gasteiger partial charge is 0.457 e. The molecule has 0 fully saturated rings. The minimum Gasteiger partial charge on any atom is -0.457 e. The van der Waals surface area contributed by atoms with Crippen LogP contribution >= 0.6 is 0 Å². The van der Waals surface area contributed by atoms with Crippen LogP contribution in [0.3, 0.4) is 0 Å². The summed E-state index contributed by atoms with van der Waals surface area (Å²) in [5, 5.41) is 6.39. The molecule has 0 aliphatic carbocycles. The smallest absolute Gasteiger partial charge is 0.338 e. The van der Waals surface area contributed by atoms with Gasteiger partial charge in [-0.05, 0) is 48.9 Å². The molecule has 0 radical (unpaired) electrons. The van der Waals surface area contributed by atoms with Gasteiger partial charge in [0, 0.05) is 18.7 Å². The number of benzene rings is 2. The van der Waals surface area contributed by atoms with Crippen molar-refractivity contribution in [3.8, 4) is 11.5 Å². The maximum Gasteiger partial charge on any atom is 0.338 e. The number of carbonyl (C=O) groups is 1. The van der Waals surface area contributed by atoms with Gasteiger partial charge in [-0.1, -0.05) is 6.07 Å². The van der Waals surface area contributed by atoms with Crippen LogP contribution in [0.25, 0.3) is 0 Å². The zero-order chi connectivity index (χ0) is 17.2. The van der Waals surface area contributed by atoms with Crippen molar-refractivity contribution in [1.29, 1.82) is 0 Å². The Labute approximate surface area is 145 Å². The lowest BCUT2D eigenvalue weighted by Gasteiger charge is -2.13. The number of hydrogen-bond acceptors (Lipinski definition) is 6. The minimum atomic E-state index is -0.356. The van der Waals surface area contributed by atoms with Crippen molar-refractivity contribution in [3.05, 3.63) is 53.6 Å². The second-order valence-corrected chi connectivity index (χ2v) is 6.02. The Morgan fingerprint density at radius 2 is 1.96 bits per heavy atom. The summed E-state index contributed by atoms with van der Waals surface area (Å²) in [7, 11) is 0. The van der Waals surface area contributed by atoms with Crippen LogP contribution in [0.2, 0.25) is 0 Å². The van der Waals surface area contributed by atoms with Gasteiger partial charge in [-0.2, -0.15) is 5.10 Å². The van der Waals surface area contributed by atoms with Crippen molar-refractivity contribution >= 4 is 17.4 Å². The zero-order valence-corrected chi connectivity index (χ0v) is 13.9. The summed E-state index contributed by atoms with van der Waals surface area (Å²) in [5.74, 6) is 1.04. The van der Waals surface area contributed by atoms with E-state index < -0.39 is 0 Å². The number of esters is 1. The van der Waals surface area contributed by atoms with E-state index in [1.165, 1.54) is 0 Å². The topological polar surface area (TPSA) is 60.4 Å². The van der Waals surface area contributed by atoms with E-state index >= 15 is 0 Å². The Kier molecular flexibility index (Phi) is 4.01. The average molecular weight is 338 g/mol. The summed E-state index contributed by atoms with van der Waals surface area (Å²) in [6.07, 6.45) is 0.972. The highest BCUT2D eigenvalue weighted by molar-refractivity contribution is 5.90. The Hall–Kier alpha value is -3.02. The molecule has 0 aromatic heterocycles. The first-order valence-corrected chi connectivity index (χ1v) is 8.16. The molecule has 25 heavy (non-hydrogen) atoms. The molecule has 2 aromatic carbocycles. The number of ether oxygens (including phenoxy) is 3.